The molecule has 0 unspecified atom stereocenters. The third-order valence-electron chi connectivity index (χ3n) is 5.24. The van der Waals surface area contributed by atoms with E-state index in [4.69, 9.17) is 14.2 Å². The van der Waals surface area contributed by atoms with Crippen LogP contribution in [0, 0.1) is 11.3 Å². The SMILES string of the molecule is CCOC(=O)/C(C#N)=c1\sc(=CNc2ccc(OCCCN3CCOCC3)cc2)c(=O)n1CC. The number of hydrogen-bond acceptors (Lipinski definition) is 9. The number of nitrogens with one attached hydrogen (secondary N) is 1. The van der Waals surface area contributed by atoms with Crippen molar-refractivity contribution in [3.05, 3.63) is 43.8 Å². The van der Waals surface area contributed by atoms with Crippen molar-refractivity contribution in [1.29, 1.82) is 5.26 Å². The fraction of sp³-hybridized carbons (Fsp3) is 0.458. The summed E-state index contributed by atoms with van der Waals surface area (Å²) < 4.78 is 18.2. The maximum absolute atomic E-state index is 12.8. The van der Waals surface area contributed by atoms with Gasteiger partial charge in [0, 0.05) is 38.1 Å². The number of ether oxygens (including phenoxy) is 3. The maximum Gasteiger partial charge on any atom is 0.351 e. The molecule has 1 aromatic heterocycles. The summed E-state index contributed by atoms with van der Waals surface area (Å²) in [7, 11) is 0. The molecule has 34 heavy (non-hydrogen) atoms. The lowest BCUT2D eigenvalue weighted by Crippen LogP contribution is -2.37. The molecule has 9 nitrogen and oxygen atoms in total. The van der Waals surface area contributed by atoms with Gasteiger partial charge in [-0.1, -0.05) is 0 Å². The Balaban J connectivity index is 1.65. The molecule has 0 radical (unpaired) electrons. The van der Waals surface area contributed by atoms with Crippen molar-refractivity contribution in [3.8, 4) is 11.8 Å². The Hall–Kier alpha value is -3.13. The first-order chi connectivity index (χ1) is 16.6. The van der Waals surface area contributed by atoms with Crippen LogP contribution in [0.25, 0.3) is 11.8 Å². The van der Waals surface area contributed by atoms with Gasteiger partial charge in [-0.05, 0) is 44.5 Å². The Labute approximate surface area is 202 Å². The molecule has 1 saturated heterocycles. The topological polar surface area (TPSA) is 106 Å². The predicted molar refractivity (Wildman–Crippen MR) is 131 cm³/mol. The number of hydrogen-bond donors (Lipinski definition) is 1. The third-order valence-corrected chi connectivity index (χ3v) is 6.37. The monoisotopic (exact) mass is 486 g/mol. The predicted octanol–water partition coefficient (Wildman–Crippen LogP) is 1.12. The number of morpholine rings is 1. The first-order valence-corrected chi connectivity index (χ1v) is 12.2. The second kappa shape index (κ2) is 12.9. The van der Waals surface area contributed by atoms with Crippen LogP contribution in [0.4, 0.5) is 5.69 Å². The molecule has 3 rings (SSSR count). The number of nitrogens with zero attached hydrogens (tertiary/aromatic N) is 3. The Morgan fingerprint density at radius 2 is 2.00 bits per heavy atom. The van der Waals surface area contributed by atoms with Gasteiger partial charge in [-0.2, -0.15) is 5.26 Å². The fourth-order valence-corrected chi connectivity index (χ4v) is 4.55. The largest absolute Gasteiger partial charge is 0.494 e. The minimum absolute atomic E-state index is 0.153. The summed E-state index contributed by atoms with van der Waals surface area (Å²) in [6.45, 7) is 9.13. The minimum atomic E-state index is -0.728. The number of carbonyl (C=O) groups is 1. The van der Waals surface area contributed by atoms with E-state index in [2.05, 4.69) is 10.2 Å². The lowest BCUT2D eigenvalue weighted by Gasteiger charge is -2.26. The number of aromatic nitrogens is 1. The van der Waals surface area contributed by atoms with Gasteiger partial charge < -0.3 is 19.5 Å². The molecule has 182 valence electrons. The molecule has 10 heteroatoms. The average molecular weight is 487 g/mol. The van der Waals surface area contributed by atoms with Crippen molar-refractivity contribution >= 4 is 34.8 Å². The van der Waals surface area contributed by atoms with Gasteiger partial charge in [0.25, 0.3) is 5.56 Å². The highest BCUT2D eigenvalue weighted by Crippen LogP contribution is 2.16. The van der Waals surface area contributed by atoms with Crippen molar-refractivity contribution in [2.45, 2.75) is 26.8 Å². The van der Waals surface area contributed by atoms with Crippen LogP contribution in [0.2, 0.25) is 0 Å². The quantitative estimate of drug-likeness (QED) is 0.393. The van der Waals surface area contributed by atoms with Gasteiger partial charge >= 0.3 is 5.97 Å². The van der Waals surface area contributed by atoms with Crippen LogP contribution in [-0.4, -0.2) is 61.5 Å². The number of esters is 1. The van der Waals surface area contributed by atoms with E-state index in [-0.39, 0.29) is 17.7 Å². The molecule has 1 aliphatic rings. The van der Waals surface area contributed by atoms with Gasteiger partial charge in [0.1, 0.15) is 21.0 Å². The first kappa shape index (κ1) is 25.5. The number of benzene rings is 1. The van der Waals surface area contributed by atoms with E-state index in [0.717, 1.165) is 62.0 Å². The molecular weight excluding hydrogens is 456 g/mol. The number of thiazole rings is 1. The number of anilines is 1. The Morgan fingerprint density at radius 3 is 2.65 bits per heavy atom. The molecule has 0 bridgehead atoms. The fourth-order valence-electron chi connectivity index (χ4n) is 3.48. The van der Waals surface area contributed by atoms with Crippen LogP contribution in [0.5, 0.6) is 5.75 Å². The van der Waals surface area contributed by atoms with Gasteiger partial charge in [-0.3, -0.25) is 14.3 Å². The van der Waals surface area contributed by atoms with Crippen LogP contribution >= 0.6 is 11.3 Å². The molecular formula is C24H30N4O5S. The summed E-state index contributed by atoms with van der Waals surface area (Å²) in [4.78, 5) is 27.2. The van der Waals surface area contributed by atoms with E-state index in [0.29, 0.717) is 22.3 Å². The van der Waals surface area contributed by atoms with Crippen LogP contribution in [0.3, 0.4) is 0 Å². The highest BCUT2D eigenvalue weighted by Gasteiger charge is 2.16. The average Bonchev–Trinajstić information content (AvgIpc) is 3.17. The summed E-state index contributed by atoms with van der Waals surface area (Å²) in [5.74, 6) is 0.0514. The molecule has 1 fully saturated rings. The number of nitriles is 1. The second-order valence-corrected chi connectivity index (χ2v) is 8.53. The normalized spacial score (nSPS) is 15.5. The van der Waals surface area contributed by atoms with Gasteiger partial charge in [0.2, 0.25) is 0 Å². The molecule has 0 spiro atoms. The lowest BCUT2D eigenvalue weighted by molar-refractivity contribution is -0.136. The van der Waals surface area contributed by atoms with Gasteiger partial charge in [-0.15, -0.1) is 11.3 Å². The van der Waals surface area contributed by atoms with E-state index in [1.807, 2.05) is 30.3 Å². The van der Waals surface area contributed by atoms with E-state index in [9.17, 15) is 14.9 Å². The molecule has 0 atom stereocenters. The summed E-state index contributed by atoms with van der Waals surface area (Å²) in [5, 5.41) is 12.5. The minimum Gasteiger partial charge on any atom is -0.494 e. The van der Waals surface area contributed by atoms with E-state index in [1.165, 1.54) is 4.57 Å². The molecule has 1 aromatic carbocycles. The lowest BCUT2D eigenvalue weighted by atomic mass is 10.3. The molecule has 1 aliphatic heterocycles. The van der Waals surface area contributed by atoms with E-state index >= 15 is 0 Å². The zero-order valence-electron chi connectivity index (χ0n) is 19.5. The van der Waals surface area contributed by atoms with Crippen LogP contribution in [0.15, 0.2) is 29.1 Å². The Kier molecular flexibility index (Phi) is 9.70. The summed E-state index contributed by atoms with van der Waals surface area (Å²) in [5.41, 5.74) is 0.348. The molecule has 2 heterocycles. The third kappa shape index (κ3) is 6.70. The van der Waals surface area contributed by atoms with Crippen molar-refractivity contribution in [3.63, 3.8) is 0 Å². The van der Waals surface area contributed by atoms with Crippen LogP contribution in [0.1, 0.15) is 20.3 Å². The number of rotatable bonds is 10. The van der Waals surface area contributed by atoms with Crippen molar-refractivity contribution in [2.75, 3.05) is 51.4 Å². The molecule has 2 aromatic rings. The number of carbonyl (C=O) groups excluding carboxylic acids is 1. The van der Waals surface area contributed by atoms with Gasteiger partial charge in [0.05, 0.1) is 26.4 Å². The Morgan fingerprint density at radius 1 is 1.26 bits per heavy atom. The molecule has 0 saturated carbocycles. The molecule has 0 amide bonds. The highest BCUT2D eigenvalue weighted by atomic mass is 32.1. The van der Waals surface area contributed by atoms with Crippen molar-refractivity contribution < 1.29 is 19.0 Å². The van der Waals surface area contributed by atoms with Crippen LogP contribution in [-0.2, 0) is 20.8 Å². The maximum atomic E-state index is 12.8. The van der Waals surface area contributed by atoms with Gasteiger partial charge in [0.15, 0.2) is 5.57 Å². The van der Waals surface area contributed by atoms with E-state index in [1.54, 1.807) is 20.0 Å². The van der Waals surface area contributed by atoms with Crippen LogP contribution < -0.4 is 24.8 Å². The molecule has 1 N–H and O–H groups in total. The van der Waals surface area contributed by atoms with Gasteiger partial charge in [-0.25, -0.2) is 4.79 Å². The smallest absolute Gasteiger partial charge is 0.351 e. The summed E-state index contributed by atoms with van der Waals surface area (Å²) in [6, 6.07) is 9.35. The van der Waals surface area contributed by atoms with E-state index < -0.39 is 5.97 Å². The zero-order chi connectivity index (χ0) is 24.3. The summed E-state index contributed by atoms with van der Waals surface area (Å²) >= 11 is 1.08. The Bertz CT molecular complexity index is 1170. The zero-order valence-corrected chi connectivity index (χ0v) is 20.4. The first-order valence-electron chi connectivity index (χ1n) is 11.4. The van der Waals surface area contributed by atoms with Crippen molar-refractivity contribution in [2.24, 2.45) is 0 Å². The highest BCUT2D eigenvalue weighted by molar-refractivity contribution is 7.07. The summed E-state index contributed by atoms with van der Waals surface area (Å²) in [6.07, 6.45) is 2.53. The standard InChI is InChI=1S/C24H30N4O5S/c1-3-28-22(29)21(34-23(28)20(16-25)24(30)32-4-2)17-26-18-6-8-19(9-7-18)33-13-5-10-27-11-14-31-15-12-27/h6-9,17,26H,3-5,10-15H2,1-2H3/b21-17?,23-20-. The second-order valence-electron chi connectivity index (χ2n) is 7.50. The van der Waals surface area contributed by atoms with Crippen molar-refractivity contribution in [1.82, 2.24) is 9.47 Å². The molecule has 0 aliphatic carbocycles.